The van der Waals surface area contributed by atoms with Crippen molar-refractivity contribution in [3.8, 4) is 90.0 Å². The molecule has 0 aromatic heterocycles. The summed E-state index contributed by atoms with van der Waals surface area (Å²) >= 11 is 0. The second-order valence-electron chi connectivity index (χ2n) is 17.0. The maximum absolute atomic E-state index is 10.2. The molecule has 3 heteroatoms. The number of hydrogen-bond donors (Lipinski definition) is 0. The molecule has 0 N–H and O–H groups in total. The third kappa shape index (κ3) is 6.57. The highest BCUT2D eigenvalue weighted by atomic mass is 15.1. The minimum absolute atomic E-state index is 0.587. The van der Waals surface area contributed by atoms with Crippen LogP contribution in [0.5, 0.6) is 0 Å². The Balaban J connectivity index is 1.04. The topological polar surface area (TPSA) is 50.8 Å². The highest BCUT2D eigenvalue weighted by Crippen LogP contribution is 2.58. The van der Waals surface area contributed by atoms with E-state index in [1.165, 1.54) is 71.6 Å². The van der Waals surface area contributed by atoms with Gasteiger partial charge in [0.25, 0.3) is 0 Å². The minimum atomic E-state index is 0.587. The van der Waals surface area contributed by atoms with Gasteiger partial charge in [0.15, 0.2) is 0 Å². The van der Waals surface area contributed by atoms with Crippen LogP contribution in [-0.4, -0.2) is 0 Å². The number of benzene rings is 11. The van der Waals surface area contributed by atoms with Gasteiger partial charge in [-0.3, -0.25) is 0 Å². The minimum Gasteiger partial charge on any atom is -0.310 e. The van der Waals surface area contributed by atoms with Crippen LogP contribution in [0.3, 0.4) is 0 Å². The van der Waals surface area contributed by atoms with E-state index in [-0.39, 0.29) is 0 Å². The summed E-state index contributed by atoms with van der Waals surface area (Å²) in [5.41, 5.74) is 19.8. The summed E-state index contributed by atoms with van der Waals surface area (Å²) in [6.07, 6.45) is 0. The predicted octanol–water partition coefficient (Wildman–Crippen LogP) is 17.2. The third-order valence-corrected chi connectivity index (χ3v) is 13.3. The summed E-state index contributed by atoms with van der Waals surface area (Å²) < 4.78 is 0. The molecule has 1 aliphatic carbocycles. The van der Waals surface area contributed by atoms with Crippen molar-refractivity contribution >= 4 is 38.6 Å². The number of para-hydroxylation sites is 1. The summed E-state index contributed by atoms with van der Waals surface area (Å²) in [4.78, 5) is 2.26. The second-order valence-corrected chi connectivity index (χ2v) is 17.0. The largest absolute Gasteiger partial charge is 0.310 e. The standard InChI is InChI=1S/C64H39N3/c65-40-45-21-10-12-25-52(45)47-37-48(53-26-13-11-22-46(53)41-66)39-51(38-47)67(49-23-8-3-9-24-49)50-33-31-42(32-34-50)54-35-36-59-62-55(54)29-16-30-58(62)63-60(43-17-4-1-5-18-43)56-27-14-15-28-57(56)61(64(59)63)44-19-6-2-7-20-44/h1-39H. The number of nitrogens with zero attached hydrogens (tertiary/aromatic N) is 3. The van der Waals surface area contributed by atoms with E-state index in [2.05, 4.69) is 199 Å². The monoisotopic (exact) mass is 849 g/mol. The Morgan fingerprint density at radius 3 is 1.25 bits per heavy atom. The van der Waals surface area contributed by atoms with E-state index in [4.69, 9.17) is 0 Å². The zero-order chi connectivity index (χ0) is 44.8. The first kappa shape index (κ1) is 39.3. The fourth-order valence-electron chi connectivity index (χ4n) is 10.4. The first-order valence-electron chi connectivity index (χ1n) is 22.5. The zero-order valence-corrected chi connectivity index (χ0v) is 36.4. The smallest absolute Gasteiger partial charge is 0.0998 e. The van der Waals surface area contributed by atoms with E-state index in [1.54, 1.807) is 0 Å². The van der Waals surface area contributed by atoms with Crippen LogP contribution in [-0.2, 0) is 0 Å². The van der Waals surface area contributed by atoms with Crippen molar-refractivity contribution in [2.45, 2.75) is 0 Å². The molecule has 0 aliphatic heterocycles. The van der Waals surface area contributed by atoms with Crippen LogP contribution in [0.15, 0.2) is 237 Å². The van der Waals surface area contributed by atoms with Crippen LogP contribution in [0.4, 0.5) is 17.1 Å². The predicted molar refractivity (Wildman–Crippen MR) is 277 cm³/mol. The Morgan fingerprint density at radius 2 is 0.701 bits per heavy atom. The van der Waals surface area contributed by atoms with Gasteiger partial charge in [0.05, 0.1) is 23.3 Å². The van der Waals surface area contributed by atoms with Crippen LogP contribution in [0.1, 0.15) is 11.1 Å². The summed E-state index contributed by atoms with van der Waals surface area (Å²) in [6.45, 7) is 0. The van der Waals surface area contributed by atoms with Gasteiger partial charge in [0.2, 0.25) is 0 Å². The van der Waals surface area contributed by atoms with Gasteiger partial charge in [0, 0.05) is 17.1 Å². The Labute approximate surface area is 390 Å². The molecule has 0 bridgehead atoms. The molecule has 310 valence electrons. The van der Waals surface area contributed by atoms with E-state index in [1.807, 2.05) is 54.6 Å². The Morgan fingerprint density at radius 1 is 0.269 bits per heavy atom. The molecule has 0 fully saturated rings. The van der Waals surface area contributed by atoms with Crippen molar-refractivity contribution in [2.75, 3.05) is 4.90 Å². The summed E-state index contributed by atoms with van der Waals surface area (Å²) in [5, 5.41) is 25.4. The summed E-state index contributed by atoms with van der Waals surface area (Å²) in [6, 6.07) is 87.9. The second kappa shape index (κ2) is 16.4. The average Bonchev–Trinajstić information content (AvgIpc) is 3.73. The van der Waals surface area contributed by atoms with Gasteiger partial charge in [-0.25, -0.2) is 0 Å². The molecule has 0 saturated heterocycles. The van der Waals surface area contributed by atoms with Crippen molar-refractivity contribution < 1.29 is 0 Å². The molecule has 12 rings (SSSR count). The van der Waals surface area contributed by atoms with Gasteiger partial charge in [-0.15, -0.1) is 0 Å². The Bertz CT molecular complexity index is 3640. The normalized spacial score (nSPS) is 11.3. The number of nitriles is 2. The maximum Gasteiger partial charge on any atom is 0.0998 e. The first-order chi connectivity index (χ1) is 33.2. The molecule has 11 aromatic carbocycles. The molecule has 0 amide bonds. The van der Waals surface area contributed by atoms with Crippen LogP contribution in [0.25, 0.3) is 99.4 Å². The maximum atomic E-state index is 10.2. The molecule has 67 heavy (non-hydrogen) atoms. The van der Waals surface area contributed by atoms with E-state index in [0.29, 0.717) is 11.1 Å². The highest BCUT2D eigenvalue weighted by Gasteiger charge is 2.31. The number of rotatable bonds is 8. The zero-order valence-electron chi connectivity index (χ0n) is 36.4. The van der Waals surface area contributed by atoms with Crippen molar-refractivity contribution in [2.24, 2.45) is 0 Å². The fourth-order valence-corrected chi connectivity index (χ4v) is 10.4. The van der Waals surface area contributed by atoms with Gasteiger partial charge < -0.3 is 4.90 Å². The quantitative estimate of drug-likeness (QED) is 0.153. The van der Waals surface area contributed by atoms with Crippen LogP contribution < -0.4 is 4.90 Å². The number of fused-ring (bicyclic) bond motifs is 4. The average molecular weight is 850 g/mol. The Hall–Kier alpha value is -9.28. The number of hydrogen-bond acceptors (Lipinski definition) is 3. The summed E-state index contributed by atoms with van der Waals surface area (Å²) in [7, 11) is 0. The van der Waals surface area contributed by atoms with Gasteiger partial charge >= 0.3 is 0 Å². The fraction of sp³-hybridized carbons (Fsp3) is 0. The molecule has 3 nitrogen and oxygen atoms in total. The molecular formula is C64H39N3. The third-order valence-electron chi connectivity index (χ3n) is 13.3. The summed E-state index contributed by atoms with van der Waals surface area (Å²) in [5.74, 6) is 0. The van der Waals surface area contributed by atoms with Crippen molar-refractivity contribution in [3.05, 3.63) is 248 Å². The first-order valence-corrected chi connectivity index (χ1v) is 22.5. The molecule has 1 aliphatic rings. The molecule has 0 heterocycles. The van der Waals surface area contributed by atoms with Crippen LogP contribution >= 0.6 is 0 Å². The van der Waals surface area contributed by atoms with E-state index >= 15 is 0 Å². The lowest BCUT2D eigenvalue weighted by Crippen LogP contribution is -2.10. The van der Waals surface area contributed by atoms with Gasteiger partial charge in [-0.05, 0) is 154 Å². The molecular weight excluding hydrogens is 811 g/mol. The van der Waals surface area contributed by atoms with Gasteiger partial charge in [-0.2, -0.15) is 10.5 Å². The van der Waals surface area contributed by atoms with Crippen molar-refractivity contribution in [1.82, 2.24) is 0 Å². The molecule has 0 unspecified atom stereocenters. The van der Waals surface area contributed by atoms with Crippen molar-refractivity contribution in [3.63, 3.8) is 0 Å². The van der Waals surface area contributed by atoms with Gasteiger partial charge in [0.1, 0.15) is 0 Å². The van der Waals surface area contributed by atoms with E-state index in [9.17, 15) is 10.5 Å². The van der Waals surface area contributed by atoms with Crippen LogP contribution in [0, 0.1) is 22.7 Å². The molecule has 0 saturated carbocycles. The Kier molecular flexibility index (Phi) is 9.61. The number of anilines is 3. The lowest BCUT2D eigenvalue weighted by atomic mass is 9.82. The SMILES string of the molecule is N#Cc1ccccc1-c1cc(-c2ccccc2C#N)cc(N(c2ccccc2)c2ccc(-c3ccc4c5c(cccc35)-c3c-4c(-c4ccccc4)c4ccccc4c3-c3ccccc3)cc2)c1. The van der Waals surface area contributed by atoms with E-state index < -0.39 is 0 Å². The van der Waals surface area contributed by atoms with Crippen molar-refractivity contribution in [1.29, 1.82) is 10.5 Å². The molecule has 0 atom stereocenters. The van der Waals surface area contributed by atoms with Gasteiger partial charge in [-0.1, -0.05) is 182 Å². The lowest BCUT2D eigenvalue weighted by molar-refractivity contribution is 1.28. The van der Waals surface area contributed by atoms with E-state index in [0.717, 1.165) is 44.9 Å². The molecule has 11 aromatic rings. The lowest BCUT2D eigenvalue weighted by Gasteiger charge is -2.27. The van der Waals surface area contributed by atoms with Crippen LogP contribution in [0.2, 0.25) is 0 Å². The molecule has 0 spiro atoms. The molecule has 0 radical (unpaired) electrons. The highest BCUT2D eigenvalue weighted by molar-refractivity contribution is 6.28.